The highest BCUT2D eigenvalue weighted by molar-refractivity contribution is 5.73. The maximum atomic E-state index is 11.6. The van der Waals surface area contributed by atoms with Gasteiger partial charge in [0.15, 0.2) is 0 Å². The summed E-state index contributed by atoms with van der Waals surface area (Å²) in [7, 11) is 3.03. The van der Waals surface area contributed by atoms with Gasteiger partial charge in [-0.1, -0.05) is 0 Å². The molecule has 1 heterocycles. The Morgan fingerprint density at radius 3 is 2.82 bits per heavy atom. The Balaban J connectivity index is 2.47. The van der Waals surface area contributed by atoms with Gasteiger partial charge >= 0.3 is 5.97 Å². The molecule has 0 radical (unpaired) electrons. The zero-order chi connectivity index (χ0) is 12.7. The highest BCUT2D eigenvalue weighted by Crippen LogP contribution is 2.21. The summed E-state index contributed by atoms with van der Waals surface area (Å²) in [6, 6.07) is 0. The smallest absolute Gasteiger partial charge is 0.312 e. The molecule has 17 heavy (non-hydrogen) atoms. The lowest BCUT2D eigenvalue weighted by atomic mass is 9.94. The maximum absolute atomic E-state index is 11.6. The van der Waals surface area contributed by atoms with Crippen LogP contribution < -0.4 is 0 Å². The first-order valence-electron chi connectivity index (χ1n) is 5.99. The van der Waals surface area contributed by atoms with E-state index in [1.165, 1.54) is 7.11 Å². The highest BCUT2D eigenvalue weighted by Gasteiger charge is 2.34. The van der Waals surface area contributed by atoms with Crippen molar-refractivity contribution in [2.24, 2.45) is 5.92 Å². The van der Waals surface area contributed by atoms with E-state index in [0.29, 0.717) is 13.0 Å². The van der Waals surface area contributed by atoms with Crippen LogP contribution in [-0.4, -0.2) is 57.1 Å². The van der Waals surface area contributed by atoms with E-state index in [9.17, 15) is 9.59 Å². The number of hydrogen-bond donors (Lipinski definition) is 0. The zero-order valence-electron chi connectivity index (χ0n) is 10.6. The van der Waals surface area contributed by atoms with Crippen LogP contribution in [0.2, 0.25) is 0 Å². The average molecular weight is 243 g/mol. The second-order valence-corrected chi connectivity index (χ2v) is 4.30. The third-order valence-corrected chi connectivity index (χ3v) is 3.24. The zero-order valence-corrected chi connectivity index (χ0v) is 10.6. The van der Waals surface area contributed by atoms with Gasteiger partial charge in [0.1, 0.15) is 6.29 Å². The summed E-state index contributed by atoms with van der Waals surface area (Å²) in [5.74, 6) is -0.424. The minimum atomic E-state index is -0.213. The van der Waals surface area contributed by atoms with Gasteiger partial charge in [-0.15, -0.1) is 0 Å². The van der Waals surface area contributed by atoms with E-state index in [1.807, 2.05) is 0 Å². The average Bonchev–Trinajstić information content (AvgIpc) is 2.38. The van der Waals surface area contributed by atoms with Crippen molar-refractivity contribution < 1.29 is 19.1 Å². The Morgan fingerprint density at radius 2 is 2.24 bits per heavy atom. The van der Waals surface area contributed by atoms with Crippen molar-refractivity contribution in [3.63, 3.8) is 0 Å². The molecule has 1 aliphatic heterocycles. The van der Waals surface area contributed by atoms with Gasteiger partial charge in [-0.25, -0.2) is 0 Å². The lowest BCUT2D eigenvalue weighted by Gasteiger charge is -2.36. The fourth-order valence-corrected chi connectivity index (χ4v) is 2.26. The molecule has 0 aromatic rings. The number of methoxy groups -OCH3 is 2. The van der Waals surface area contributed by atoms with Gasteiger partial charge in [0, 0.05) is 26.6 Å². The fraction of sp³-hybridized carbons (Fsp3) is 0.833. The quantitative estimate of drug-likeness (QED) is 0.386. The summed E-state index contributed by atoms with van der Waals surface area (Å²) in [6.07, 6.45) is 3.13. The normalized spacial score (nSPS) is 25.5. The number of carbonyl (C=O) groups is 2. The molecule has 1 rings (SSSR count). The molecule has 98 valence electrons. The van der Waals surface area contributed by atoms with Crippen LogP contribution >= 0.6 is 0 Å². The van der Waals surface area contributed by atoms with E-state index in [4.69, 9.17) is 9.47 Å². The van der Waals surface area contributed by atoms with E-state index >= 15 is 0 Å². The van der Waals surface area contributed by atoms with Crippen LogP contribution in [0.25, 0.3) is 0 Å². The Labute approximate surface area is 102 Å². The molecule has 2 atom stereocenters. The van der Waals surface area contributed by atoms with Crippen LogP contribution in [0, 0.1) is 5.92 Å². The van der Waals surface area contributed by atoms with Crippen molar-refractivity contribution in [2.75, 3.05) is 33.9 Å². The molecule has 5 nitrogen and oxygen atoms in total. The van der Waals surface area contributed by atoms with E-state index in [1.54, 1.807) is 7.11 Å². The molecule has 0 spiro atoms. The van der Waals surface area contributed by atoms with Crippen LogP contribution in [-0.2, 0) is 19.1 Å². The molecule has 0 aliphatic carbocycles. The second kappa shape index (κ2) is 7.40. The lowest BCUT2D eigenvalue weighted by Crippen LogP contribution is -2.47. The number of hydrogen-bond acceptors (Lipinski definition) is 5. The predicted octanol–water partition coefficient (Wildman–Crippen LogP) is 0.475. The third-order valence-electron chi connectivity index (χ3n) is 3.24. The summed E-state index contributed by atoms with van der Waals surface area (Å²) in [5, 5.41) is 0. The second-order valence-electron chi connectivity index (χ2n) is 4.30. The highest BCUT2D eigenvalue weighted by atomic mass is 16.5. The molecule has 0 aromatic carbocycles. The van der Waals surface area contributed by atoms with Crippen molar-refractivity contribution in [2.45, 2.75) is 25.4 Å². The van der Waals surface area contributed by atoms with Crippen LogP contribution in [0.3, 0.4) is 0 Å². The molecule has 5 heteroatoms. The summed E-state index contributed by atoms with van der Waals surface area (Å²) in [6.45, 7) is 2.41. The summed E-state index contributed by atoms with van der Waals surface area (Å²) >= 11 is 0. The molecular formula is C12H21NO4. The van der Waals surface area contributed by atoms with Crippen LogP contribution in [0.4, 0.5) is 0 Å². The van der Waals surface area contributed by atoms with Crippen molar-refractivity contribution in [3.8, 4) is 0 Å². The van der Waals surface area contributed by atoms with E-state index in [-0.39, 0.29) is 18.0 Å². The van der Waals surface area contributed by atoms with Gasteiger partial charge in [-0.2, -0.15) is 0 Å². The summed E-state index contributed by atoms with van der Waals surface area (Å²) < 4.78 is 10.1. The van der Waals surface area contributed by atoms with Crippen molar-refractivity contribution >= 4 is 12.3 Å². The monoisotopic (exact) mass is 243 g/mol. The van der Waals surface area contributed by atoms with Crippen LogP contribution in [0.5, 0.6) is 0 Å². The molecule has 0 amide bonds. The third kappa shape index (κ3) is 4.09. The van der Waals surface area contributed by atoms with Gasteiger partial charge in [-0.3, -0.25) is 4.79 Å². The molecule has 1 saturated heterocycles. The standard InChI is InChI=1S/C12H21NO4/c1-16-11-5-7-13(6-3-4-8-14)9-10(11)12(15)17-2/h8,10-11H,3-7,9H2,1-2H3/t10-,11+/m0/s1. The van der Waals surface area contributed by atoms with Crippen molar-refractivity contribution in [1.82, 2.24) is 4.90 Å². The molecule has 0 saturated carbocycles. The van der Waals surface area contributed by atoms with Gasteiger partial charge in [0.05, 0.1) is 19.1 Å². The lowest BCUT2D eigenvalue weighted by molar-refractivity contribution is -0.154. The molecule has 1 fully saturated rings. The molecule has 0 bridgehead atoms. The Morgan fingerprint density at radius 1 is 1.47 bits per heavy atom. The topological polar surface area (TPSA) is 55.8 Å². The number of piperidine rings is 1. The number of nitrogens with zero attached hydrogens (tertiary/aromatic N) is 1. The van der Waals surface area contributed by atoms with E-state index in [2.05, 4.69) is 4.90 Å². The van der Waals surface area contributed by atoms with Crippen molar-refractivity contribution in [1.29, 1.82) is 0 Å². The SMILES string of the molecule is COC(=O)[C@H]1CN(CCCC=O)CC[C@H]1OC. The first kappa shape index (κ1) is 14.1. The number of ether oxygens (including phenoxy) is 2. The number of carbonyl (C=O) groups excluding carboxylic acids is 2. The van der Waals surface area contributed by atoms with Gasteiger partial charge in [0.25, 0.3) is 0 Å². The van der Waals surface area contributed by atoms with Gasteiger partial charge in [-0.05, 0) is 19.4 Å². The number of aldehydes is 1. The minimum absolute atomic E-state index is 0.0511. The molecule has 0 aromatic heterocycles. The van der Waals surface area contributed by atoms with Gasteiger partial charge < -0.3 is 19.2 Å². The minimum Gasteiger partial charge on any atom is -0.469 e. The largest absolute Gasteiger partial charge is 0.469 e. The number of esters is 1. The fourth-order valence-electron chi connectivity index (χ4n) is 2.26. The summed E-state index contributed by atoms with van der Waals surface area (Å²) in [5.41, 5.74) is 0. The molecule has 0 N–H and O–H groups in total. The van der Waals surface area contributed by atoms with Gasteiger partial charge in [0.2, 0.25) is 0 Å². The Hall–Kier alpha value is -0.940. The Kier molecular flexibility index (Phi) is 6.15. The summed E-state index contributed by atoms with van der Waals surface area (Å²) in [4.78, 5) is 24.1. The first-order valence-corrected chi connectivity index (χ1v) is 5.99. The molecular weight excluding hydrogens is 222 g/mol. The van der Waals surface area contributed by atoms with E-state index in [0.717, 1.165) is 32.2 Å². The van der Waals surface area contributed by atoms with Crippen LogP contribution in [0.15, 0.2) is 0 Å². The van der Waals surface area contributed by atoms with Crippen LogP contribution in [0.1, 0.15) is 19.3 Å². The number of unbranched alkanes of at least 4 members (excludes halogenated alkanes) is 1. The first-order chi connectivity index (χ1) is 8.22. The number of rotatable bonds is 6. The number of likely N-dealkylation sites (tertiary alicyclic amines) is 1. The predicted molar refractivity (Wildman–Crippen MR) is 62.7 cm³/mol. The van der Waals surface area contributed by atoms with E-state index < -0.39 is 0 Å². The maximum Gasteiger partial charge on any atom is 0.312 e. The Bertz CT molecular complexity index is 257. The molecule has 1 aliphatic rings. The van der Waals surface area contributed by atoms with Crippen molar-refractivity contribution in [3.05, 3.63) is 0 Å². The molecule has 0 unspecified atom stereocenters.